The van der Waals surface area contributed by atoms with Crippen molar-refractivity contribution in [3.8, 4) is 5.75 Å². The third kappa shape index (κ3) is 5.54. The molecule has 0 aliphatic heterocycles. The first-order valence-corrected chi connectivity index (χ1v) is 6.81. The van der Waals surface area contributed by atoms with Crippen molar-refractivity contribution in [3.63, 3.8) is 0 Å². The highest BCUT2D eigenvalue weighted by molar-refractivity contribution is 9.10. The molecule has 0 heterocycles. The fourth-order valence-electron chi connectivity index (χ4n) is 1.09. The molecule has 0 aromatic heterocycles. The zero-order valence-electron chi connectivity index (χ0n) is 8.67. The van der Waals surface area contributed by atoms with Crippen LogP contribution in [0.1, 0.15) is 6.92 Å². The van der Waals surface area contributed by atoms with Crippen LogP contribution in [-0.4, -0.2) is 24.5 Å². The second kappa shape index (κ2) is 7.25. The summed E-state index contributed by atoms with van der Waals surface area (Å²) in [5, 5.41) is 4.30. The summed E-state index contributed by atoms with van der Waals surface area (Å²) in [5.74, 6) is 0.901. The van der Waals surface area contributed by atoms with Gasteiger partial charge in [-0.15, -0.1) is 0 Å². The van der Waals surface area contributed by atoms with Crippen LogP contribution in [0.2, 0.25) is 0 Å². The van der Waals surface area contributed by atoms with Crippen molar-refractivity contribution in [3.05, 3.63) is 28.7 Å². The van der Waals surface area contributed by atoms with Crippen molar-refractivity contribution in [2.75, 3.05) is 18.5 Å². The topological polar surface area (TPSA) is 21.3 Å². The Hall–Kier alpha value is -0.0600. The largest absolute Gasteiger partial charge is 0.492 e. The van der Waals surface area contributed by atoms with Crippen LogP contribution in [0.4, 0.5) is 0 Å². The minimum Gasteiger partial charge on any atom is -0.492 e. The summed E-state index contributed by atoms with van der Waals surface area (Å²) in [7, 11) is 0. The summed E-state index contributed by atoms with van der Waals surface area (Å²) >= 11 is 6.82. The molecule has 0 aliphatic rings. The van der Waals surface area contributed by atoms with Crippen LogP contribution >= 0.6 is 31.9 Å². The highest BCUT2D eigenvalue weighted by atomic mass is 79.9. The van der Waals surface area contributed by atoms with E-state index < -0.39 is 0 Å². The van der Waals surface area contributed by atoms with Crippen molar-refractivity contribution in [1.29, 1.82) is 0 Å². The highest BCUT2D eigenvalue weighted by Crippen LogP contribution is 2.17. The van der Waals surface area contributed by atoms with Gasteiger partial charge in [-0.3, -0.25) is 0 Å². The molecule has 0 aliphatic carbocycles. The first-order valence-electron chi connectivity index (χ1n) is 4.90. The van der Waals surface area contributed by atoms with Gasteiger partial charge < -0.3 is 10.1 Å². The van der Waals surface area contributed by atoms with E-state index in [4.69, 9.17) is 4.74 Å². The smallest absolute Gasteiger partial charge is 0.120 e. The van der Waals surface area contributed by atoms with Gasteiger partial charge in [0.25, 0.3) is 0 Å². The van der Waals surface area contributed by atoms with Crippen LogP contribution in [0.15, 0.2) is 28.7 Å². The number of hydrogen-bond donors (Lipinski definition) is 1. The molecule has 0 radical (unpaired) electrons. The molecule has 0 bridgehead atoms. The number of alkyl halides is 1. The maximum absolute atomic E-state index is 5.57. The molecular formula is C11H15Br2NO. The predicted octanol–water partition coefficient (Wildman–Crippen LogP) is 3.20. The summed E-state index contributed by atoms with van der Waals surface area (Å²) in [4.78, 5) is 0. The molecule has 0 spiro atoms. The van der Waals surface area contributed by atoms with Crippen molar-refractivity contribution in [2.45, 2.75) is 13.0 Å². The zero-order valence-corrected chi connectivity index (χ0v) is 11.8. The standard InChI is InChI=1S/C11H15Br2NO/c1-9(8-12)14-5-6-15-11-4-2-3-10(13)7-11/h2-4,7,9,14H,5-6,8H2,1H3. The Morgan fingerprint density at radius 2 is 2.27 bits per heavy atom. The third-order valence-corrected chi connectivity index (χ3v) is 3.36. The van der Waals surface area contributed by atoms with Crippen molar-refractivity contribution < 1.29 is 4.74 Å². The number of hydrogen-bond acceptors (Lipinski definition) is 2. The Morgan fingerprint density at radius 1 is 1.47 bits per heavy atom. The predicted molar refractivity (Wildman–Crippen MR) is 70.9 cm³/mol. The molecule has 84 valence electrons. The van der Waals surface area contributed by atoms with Gasteiger partial charge in [0.2, 0.25) is 0 Å². The van der Waals surface area contributed by atoms with Crippen LogP contribution in [0.3, 0.4) is 0 Å². The third-order valence-electron chi connectivity index (χ3n) is 1.89. The molecule has 15 heavy (non-hydrogen) atoms. The summed E-state index contributed by atoms with van der Waals surface area (Å²) < 4.78 is 6.62. The molecule has 1 unspecified atom stereocenters. The fraction of sp³-hybridized carbons (Fsp3) is 0.455. The van der Waals surface area contributed by atoms with E-state index in [0.29, 0.717) is 12.6 Å². The maximum atomic E-state index is 5.57. The molecule has 1 atom stereocenters. The highest BCUT2D eigenvalue weighted by Gasteiger charge is 1.98. The lowest BCUT2D eigenvalue weighted by atomic mass is 10.3. The minimum absolute atomic E-state index is 0.483. The maximum Gasteiger partial charge on any atom is 0.120 e. The van der Waals surface area contributed by atoms with E-state index in [9.17, 15) is 0 Å². The van der Waals surface area contributed by atoms with Crippen LogP contribution in [-0.2, 0) is 0 Å². The quantitative estimate of drug-likeness (QED) is 0.636. The average Bonchev–Trinajstić information content (AvgIpc) is 2.24. The molecule has 0 saturated carbocycles. The summed E-state index contributed by atoms with van der Waals surface area (Å²) in [6, 6.07) is 8.36. The normalized spacial score (nSPS) is 12.5. The Balaban J connectivity index is 2.20. The second-order valence-corrected chi connectivity index (χ2v) is 4.88. The number of nitrogens with one attached hydrogen (secondary N) is 1. The van der Waals surface area contributed by atoms with Gasteiger partial charge in [0.05, 0.1) is 0 Å². The summed E-state index contributed by atoms with van der Waals surface area (Å²) in [6.45, 7) is 3.68. The fourth-order valence-corrected chi connectivity index (χ4v) is 1.69. The molecule has 1 aromatic carbocycles. The molecule has 1 rings (SSSR count). The number of ether oxygens (including phenoxy) is 1. The van der Waals surface area contributed by atoms with E-state index in [1.165, 1.54) is 0 Å². The van der Waals surface area contributed by atoms with Gasteiger partial charge in [-0.1, -0.05) is 37.9 Å². The first kappa shape index (κ1) is 13.0. The van der Waals surface area contributed by atoms with E-state index in [2.05, 4.69) is 44.1 Å². The van der Waals surface area contributed by atoms with E-state index in [1.54, 1.807) is 0 Å². The molecule has 2 nitrogen and oxygen atoms in total. The van der Waals surface area contributed by atoms with E-state index in [-0.39, 0.29) is 0 Å². The van der Waals surface area contributed by atoms with Crippen LogP contribution in [0.5, 0.6) is 5.75 Å². The van der Waals surface area contributed by atoms with Gasteiger partial charge in [0.1, 0.15) is 12.4 Å². The molecule has 1 aromatic rings. The Bertz CT molecular complexity index is 294. The van der Waals surface area contributed by atoms with Gasteiger partial charge in [0.15, 0.2) is 0 Å². The number of benzene rings is 1. The van der Waals surface area contributed by atoms with Gasteiger partial charge in [-0.05, 0) is 25.1 Å². The van der Waals surface area contributed by atoms with Gasteiger partial charge in [0, 0.05) is 22.4 Å². The Morgan fingerprint density at radius 3 is 2.93 bits per heavy atom. The summed E-state index contributed by atoms with van der Waals surface area (Å²) in [6.07, 6.45) is 0. The average molecular weight is 337 g/mol. The summed E-state index contributed by atoms with van der Waals surface area (Å²) in [5.41, 5.74) is 0. The zero-order chi connectivity index (χ0) is 11.1. The van der Waals surface area contributed by atoms with Gasteiger partial charge in [-0.2, -0.15) is 0 Å². The van der Waals surface area contributed by atoms with E-state index in [0.717, 1.165) is 22.1 Å². The van der Waals surface area contributed by atoms with E-state index >= 15 is 0 Å². The second-order valence-electron chi connectivity index (χ2n) is 3.32. The lowest BCUT2D eigenvalue weighted by Gasteiger charge is -2.11. The molecular weight excluding hydrogens is 322 g/mol. The Labute approximate surface area is 108 Å². The molecule has 1 N–H and O–H groups in total. The van der Waals surface area contributed by atoms with E-state index in [1.807, 2.05) is 24.3 Å². The van der Waals surface area contributed by atoms with Crippen molar-refractivity contribution in [1.82, 2.24) is 5.32 Å². The Kier molecular flexibility index (Phi) is 6.29. The first-order chi connectivity index (χ1) is 7.22. The van der Waals surface area contributed by atoms with Crippen LogP contribution in [0.25, 0.3) is 0 Å². The molecule has 0 fully saturated rings. The number of rotatable bonds is 6. The molecule has 4 heteroatoms. The number of halogens is 2. The SMILES string of the molecule is CC(CBr)NCCOc1cccc(Br)c1. The molecule has 0 amide bonds. The van der Waals surface area contributed by atoms with Gasteiger partial charge in [-0.25, -0.2) is 0 Å². The van der Waals surface area contributed by atoms with Crippen LogP contribution < -0.4 is 10.1 Å². The van der Waals surface area contributed by atoms with Gasteiger partial charge >= 0.3 is 0 Å². The monoisotopic (exact) mass is 335 g/mol. The van der Waals surface area contributed by atoms with Crippen molar-refractivity contribution in [2.24, 2.45) is 0 Å². The molecule has 0 saturated heterocycles. The minimum atomic E-state index is 0.483. The van der Waals surface area contributed by atoms with Crippen molar-refractivity contribution >= 4 is 31.9 Å². The lowest BCUT2D eigenvalue weighted by Crippen LogP contribution is -2.31. The lowest BCUT2D eigenvalue weighted by molar-refractivity contribution is 0.309. The van der Waals surface area contributed by atoms with Crippen LogP contribution in [0, 0.1) is 0 Å².